The summed E-state index contributed by atoms with van der Waals surface area (Å²) in [5, 5.41) is 0. The molecule has 0 heterocycles. The Bertz CT molecular complexity index is 1800. The molecule has 6 aromatic carbocycles. The summed E-state index contributed by atoms with van der Waals surface area (Å²) < 4.78 is 0. The Morgan fingerprint density at radius 2 is 0.653 bits per heavy atom. The second-order valence-electron chi connectivity index (χ2n) is 14.1. The Morgan fingerprint density at radius 3 is 1.02 bits per heavy atom. The monoisotopic (exact) mass is 638 g/mol. The summed E-state index contributed by atoms with van der Waals surface area (Å²) in [4.78, 5) is 0. The lowest BCUT2D eigenvalue weighted by Crippen LogP contribution is -2.25. The fourth-order valence-electron chi connectivity index (χ4n) is 8.20. The van der Waals surface area contributed by atoms with Crippen LogP contribution in [0.25, 0.3) is 55.6 Å². The Hall–Kier alpha value is -4.68. The van der Waals surface area contributed by atoms with Crippen molar-refractivity contribution in [3.63, 3.8) is 0 Å². The van der Waals surface area contributed by atoms with Crippen LogP contribution in [0.15, 0.2) is 146 Å². The van der Waals surface area contributed by atoms with Crippen LogP contribution in [-0.4, -0.2) is 0 Å². The molecule has 7 rings (SSSR count). The molecular formula is C49H50. The zero-order valence-corrected chi connectivity index (χ0v) is 29.4. The van der Waals surface area contributed by atoms with Crippen molar-refractivity contribution in [1.82, 2.24) is 0 Å². The van der Waals surface area contributed by atoms with E-state index in [1.807, 2.05) is 0 Å². The summed E-state index contributed by atoms with van der Waals surface area (Å²) in [5.74, 6) is 0. The van der Waals surface area contributed by atoms with E-state index in [4.69, 9.17) is 0 Å². The summed E-state index contributed by atoms with van der Waals surface area (Å²) >= 11 is 0. The lowest BCUT2D eigenvalue weighted by molar-refractivity contribution is 0.401. The summed E-state index contributed by atoms with van der Waals surface area (Å²) in [6.45, 7) is 4.65. The van der Waals surface area contributed by atoms with Crippen LogP contribution in [0.1, 0.15) is 89.2 Å². The van der Waals surface area contributed by atoms with Crippen LogP contribution in [0.2, 0.25) is 0 Å². The maximum Gasteiger partial charge on any atom is 0.0215 e. The van der Waals surface area contributed by atoms with Crippen molar-refractivity contribution < 1.29 is 0 Å². The second-order valence-corrected chi connectivity index (χ2v) is 14.1. The molecule has 49 heavy (non-hydrogen) atoms. The molecule has 0 saturated carbocycles. The van der Waals surface area contributed by atoms with Gasteiger partial charge < -0.3 is 0 Å². The smallest absolute Gasteiger partial charge is 0.0215 e. The third kappa shape index (κ3) is 6.93. The van der Waals surface area contributed by atoms with Gasteiger partial charge in [-0.05, 0) is 91.7 Å². The zero-order valence-electron chi connectivity index (χ0n) is 29.4. The van der Waals surface area contributed by atoms with Crippen molar-refractivity contribution in [3.05, 3.63) is 157 Å². The van der Waals surface area contributed by atoms with Gasteiger partial charge in [0.2, 0.25) is 0 Å². The number of benzene rings is 6. The molecule has 0 fully saturated rings. The van der Waals surface area contributed by atoms with Crippen LogP contribution in [0.4, 0.5) is 0 Å². The van der Waals surface area contributed by atoms with Crippen molar-refractivity contribution in [2.24, 2.45) is 0 Å². The molecule has 0 heteroatoms. The predicted molar refractivity (Wildman–Crippen MR) is 212 cm³/mol. The van der Waals surface area contributed by atoms with E-state index in [0.29, 0.717) is 0 Å². The van der Waals surface area contributed by atoms with Gasteiger partial charge in [-0.1, -0.05) is 199 Å². The van der Waals surface area contributed by atoms with Crippen molar-refractivity contribution in [2.75, 3.05) is 0 Å². The Balaban J connectivity index is 1.29. The van der Waals surface area contributed by atoms with Gasteiger partial charge in [-0.3, -0.25) is 0 Å². The van der Waals surface area contributed by atoms with Gasteiger partial charge in [0.1, 0.15) is 0 Å². The molecule has 0 aliphatic heterocycles. The molecule has 0 unspecified atom stereocenters. The minimum atomic E-state index is 0.0339. The highest BCUT2D eigenvalue weighted by Gasteiger charge is 2.42. The summed E-state index contributed by atoms with van der Waals surface area (Å²) in [7, 11) is 0. The average Bonchev–Trinajstić information content (AvgIpc) is 3.44. The van der Waals surface area contributed by atoms with Gasteiger partial charge in [0.15, 0.2) is 0 Å². The number of hydrogen-bond donors (Lipinski definition) is 0. The van der Waals surface area contributed by atoms with Crippen LogP contribution in [0, 0.1) is 0 Å². The number of unbranched alkanes of at least 4 members (excludes halogenated alkanes) is 6. The first-order valence-corrected chi connectivity index (χ1v) is 18.8. The first kappa shape index (κ1) is 32.8. The minimum Gasteiger partial charge on any atom is -0.0654 e. The van der Waals surface area contributed by atoms with Gasteiger partial charge in [0.05, 0.1) is 0 Å². The largest absolute Gasteiger partial charge is 0.0654 e. The zero-order chi connectivity index (χ0) is 33.5. The molecule has 0 N–H and O–H groups in total. The van der Waals surface area contributed by atoms with E-state index < -0.39 is 0 Å². The maximum absolute atomic E-state index is 2.57. The summed E-state index contributed by atoms with van der Waals surface area (Å²) in [6, 6.07) is 54.5. The van der Waals surface area contributed by atoms with Gasteiger partial charge in [-0.15, -0.1) is 0 Å². The molecule has 1 aliphatic carbocycles. The maximum atomic E-state index is 2.57. The molecule has 0 atom stereocenters. The van der Waals surface area contributed by atoms with E-state index in [1.165, 1.54) is 120 Å². The normalized spacial score (nSPS) is 12.9. The number of fused-ring (bicyclic) bond motifs is 3. The third-order valence-electron chi connectivity index (χ3n) is 10.9. The fraction of sp³-hybridized carbons (Fsp3) is 0.265. The van der Waals surface area contributed by atoms with E-state index in [-0.39, 0.29) is 5.41 Å². The van der Waals surface area contributed by atoms with Crippen molar-refractivity contribution in [3.8, 4) is 55.6 Å². The molecule has 1 aliphatic rings. The molecule has 6 aromatic rings. The lowest BCUT2D eigenvalue weighted by Gasteiger charge is -2.33. The fourth-order valence-corrected chi connectivity index (χ4v) is 8.20. The highest BCUT2D eigenvalue weighted by atomic mass is 14.5. The first-order valence-electron chi connectivity index (χ1n) is 18.8. The SMILES string of the molecule is CCCCCCC1(CCCCCC)c2cc(-c3ccc(-c4ccccc4)cc3)ccc2-c2ccc(-c3ccc(-c4ccccc4)cc3)cc21. The van der Waals surface area contributed by atoms with Crippen molar-refractivity contribution >= 4 is 0 Å². The number of rotatable bonds is 14. The minimum absolute atomic E-state index is 0.0339. The van der Waals surface area contributed by atoms with Crippen LogP contribution < -0.4 is 0 Å². The molecule has 246 valence electrons. The van der Waals surface area contributed by atoms with E-state index in [0.717, 1.165) is 0 Å². The average molecular weight is 639 g/mol. The standard InChI is InChI=1S/C49H50/c1-3-5-7-15-33-49(34-16-8-6-4-2)47-35-43(41-25-21-39(22-26-41)37-17-11-9-12-18-37)29-31-45(47)46-32-30-44(36-48(46)49)42-27-23-40(24-28-42)38-19-13-10-14-20-38/h9-14,17-32,35-36H,3-8,15-16,33-34H2,1-2H3. The molecule has 0 aromatic heterocycles. The molecule has 0 radical (unpaired) electrons. The molecule has 0 amide bonds. The summed E-state index contributed by atoms with van der Waals surface area (Å²) in [6.07, 6.45) is 12.7. The van der Waals surface area contributed by atoms with Gasteiger partial charge >= 0.3 is 0 Å². The quantitative estimate of drug-likeness (QED) is 0.104. The molecule has 0 nitrogen and oxygen atoms in total. The van der Waals surface area contributed by atoms with Gasteiger partial charge in [-0.25, -0.2) is 0 Å². The number of hydrogen-bond acceptors (Lipinski definition) is 0. The van der Waals surface area contributed by atoms with E-state index >= 15 is 0 Å². The predicted octanol–water partition coefficient (Wildman–Crippen LogP) is 14.6. The van der Waals surface area contributed by atoms with Gasteiger partial charge in [0, 0.05) is 5.41 Å². The van der Waals surface area contributed by atoms with Crippen LogP contribution in [0.3, 0.4) is 0 Å². The van der Waals surface area contributed by atoms with E-state index in [1.54, 1.807) is 11.1 Å². The molecule has 0 spiro atoms. The highest BCUT2D eigenvalue weighted by molar-refractivity contribution is 5.86. The Labute approximate surface area is 294 Å². The molecule has 0 saturated heterocycles. The summed E-state index contributed by atoms with van der Waals surface area (Å²) in [5.41, 5.74) is 16.3. The van der Waals surface area contributed by atoms with Crippen LogP contribution in [0.5, 0.6) is 0 Å². The van der Waals surface area contributed by atoms with E-state index in [2.05, 4.69) is 159 Å². The van der Waals surface area contributed by atoms with Gasteiger partial charge in [0.25, 0.3) is 0 Å². The Kier molecular flexibility index (Phi) is 10.2. The Morgan fingerprint density at radius 1 is 0.327 bits per heavy atom. The third-order valence-corrected chi connectivity index (χ3v) is 10.9. The molecule has 0 bridgehead atoms. The topological polar surface area (TPSA) is 0 Å². The highest BCUT2D eigenvalue weighted by Crippen LogP contribution is 2.55. The van der Waals surface area contributed by atoms with Crippen LogP contribution >= 0.6 is 0 Å². The first-order chi connectivity index (χ1) is 24.2. The second kappa shape index (κ2) is 15.3. The van der Waals surface area contributed by atoms with Crippen molar-refractivity contribution in [2.45, 2.75) is 83.5 Å². The van der Waals surface area contributed by atoms with E-state index in [9.17, 15) is 0 Å². The van der Waals surface area contributed by atoms with Crippen LogP contribution in [-0.2, 0) is 5.41 Å². The van der Waals surface area contributed by atoms with Crippen molar-refractivity contribution in [1.29, 1.82) is 0 Å². The lowest BCUT2D eigenvalue weighted by atomic mass is 9.70. The molecular weight excluding hydrogens is 589 g/mol. The van der Waals surface area contributed by atoms with Gasteiger partial charge in [-0.2, -0.15) is 0 Å².